The highest BCUT2D eigenvalue weighted by molar-refractivity contribution is 5.69. The summed E-state index contributed by atoms with van der Waals surface area (Å²) in [5.74, 6) is -2.57. The number of hydrogen-bond donors (Lipinski definition) is 0. The molecule has 0 spiro atoms. The first-order valence-corrected chi connectivity index (χ1v) is 9.74. The van der Waals surface area contributed by atoms with E-state index in [0.717, 1.165) is 12.7 Å². The Morgan fingerprint density at radius 3 is 1.38 bits per heavy atom. The fourth-order valence-electron chi connectivity index (χ4n) is 2.91. The molecule has 0 saturated carbocycles. The van der Waals surface area contributed by atoms with Crippen LogP contribution in [0.25, 0.3) is 0 Å². The second-order valence-electron chi connectivity index (χ2n) is 6.68. The van der Waals surface area contributed by atoms with Gasteiger partial charge in [0, 0.05) is 34.1 Å². The molecule has 29 heavy (non-hydrogen) atoms. The lowest BCUT2D eigenvalue weighted by Gasteiger charge is -2.35. The van der Waals surface area contributed by atoms with Crippen LogP contribution in [0.2, 0.25) is 0 Å². The fourth-order valence-corrected chi connectivity index (χ4v) is 2.91. The van der Waals surface area contributed by atoms with Gasteiger partial charge in [-0.3, -0.25) is 19.2 Å². The predicted octanol–water partition coefficient (Wildman–Crippen LogP) is 2.27. The van der Waals surface area contributed by atoms with E-state index >= 15 is 0 Å². The van der Waals surface area contributed by atoms with Crippen molar-refractivity contribution in [3.8, 4) is 0 Å². The van der Waals surface area contributed by atoms with Gasteiger partial charge in [-0.1, -0.05) is 13.3 Å². The molecule has 0 fully saturated rings. The molecule has 0 saturated heterocycles. The average Bonchev–Trinajstić information content (AvgIpc) is 2.60. The molecule has 0 radical (unpaired) electrons. The van der Waals surface area contributed by atoms with Crippen LogP contribution >= 0.6 is 0 Å². The molecule has 0 aromatic heterocycles. The summed E-state index contributed by atoms with van der Waals surface area (Å²) in [5.41, 5.74) is 0. The van der Waals surface area contributed by atoms with Crippen LogP contribution in [-0.2, 0) is 42.9 Å². The maximum absolute atomic E-state index is 11.8. The van der Waals surface area contributed by atoms with Crippen molar-refractivity contribution in [1.82, 2.24) is 0 Å². The predicted molar refractivity (Wildman–Crippen MR) is 102 cm³/mol. The van der Waals surface area contributed by atoms with E-state index in [9.17, 15) is 24.0 Å². The minimum atomic E-state index is -1.20. The van der Waals surface area contributed by atoms with Crippen LogP contribution in [0.3, 0.4) is 0 Å². The van der Waals surface area contributed by atoms with Crippen LogP contribution in [0, 0.1) is 0 Å². The Morgan fingerprint density at radius 2 is 1.07 bits per heavy atom. The molecule has 0 unspecified atom stereocenters. The van der Waals surface area contributed by atoms with Gasteiger partial charge in [-0.05, 0) is 25.7 Å². The molecule has 0 aliphatic heterocycles. The lowest BCUT2D eigenvalue weighted by Crippen LogP contribution is -2.51. The van der Waals surface area contributed by atoms with Crippen molar-refractivity contribution in [2.45, 2.75) is 97.6 Å². The molecular weight excluding hydrogens is 384 g/mol. The Bertz CT molecular complexity index is 558. The average molecular weight is 416 g/mol. The van der Waals surface area contributed by atoms with Gasteiger partial charge in [0.1, 0.15) is 18.5 Å². The summed E-state index contributed by atoms with van der Waals surface area (Å²) in [6.07, 6.45) is -0.975. The van der Waals surface area contributed by atoms with Crippen molar-refractivity contribution in [2.24, 2.45) is 0 Å². The van der Waals surface area contributed by atoms with E-state index in [0.29, 0.717) is 19.3 Å². The van der Waals surface area contributed by atoms with Gasteiger partial charge in [0.05, 0.1) is 0 Å². The monoisotopic (exact) mass is 416 g/mol. The van der Waals surface area contributed by atoms with Crippen LogP contribution in [0.1, 0.15) is 73.1 Å². The largest absolute Gasteiger partial charge is 0.458 e. The summed E-state index contributed by atoms with van der Waals surface area (Å²) in [6, 6.07) is 0. The molecule has 0 rings (SSSR count). The third-order valence-corrected chi connectivity index (χ3v) is 3.95. The number of ether oxygens (including phenoxy) is 4. The van der Waals surface area contributed by atoms with Crippen LogP contribution in [-0.4, -0.2) is 54.6 Å². The lowest BCUT2D eigenvalue weighted by molar-refractivity contribution is -0.199. The zero-order chi connectivity index (χ0) is 22.4. The molecule has 0 amide bonds. The summed E-state index contributed by atoms with van der Waals surface area (Å²) >= 11 is 0. The fraction of sp³-hybridized carbons (Fsp3) is 0.750. The number of hydrogen-bond acceptors (Lipinski definition) is 9. The standard InChI is InChI=1S/C20H32O9/c1-6-7-10-17(26-13(2)22)19(28-15(4)24)20(29-16(5)25)18(27-14(3)23)11-8-9-12-21/h12,17-20H,6-11H2,1-5H3/t17-,18+,19+,20+/m0/s1. The molecule has 4 atom stereocenters. The van der Waals surface area contributed by atoms with Crippen molar-refractivity contribution >= 4 is 30.2 Å². The summed E-state index contributed by atoms with van der Waals surface area (Å²) in [7, 11) is 0. The Hall–Kier alpha value is -2.45. The smallest absolute Gasteiger partial charge is 0.303 e. The van der Waals surface area contributed by atoms with E-state index in [4.69, 9.17) is 18.9 Å². The molecule has 0 aliphatic rings. The highest BCUT2D eigenvalue weighted by atomic mass is 16.6. The van der Waals surface area contributed by atoms with Crippen LogP contribution in [0.4, 0.5) is 0 Å². The van der Waals surface area contributed by atoms with Gasteiger partial charge in [-0.15, -0.1) is 0 Å². The van der Waals surface area contributed by atoms with Gasteiger partial charge in [0.15, 0.2) is 12.2 Å². The Kier molecular flexibility index (Phi) is 13.3. The normalized spacial score (nSPS) is 14.7. The van der Waals surface area contributed by atoms with E-state index in [2.05, 4.69) is 0 Å². The van der Waals surface area contributed by atoms with Gasteiger partial charge < -0.3 is 23.7 Å². The summed E-state index contributed by atoms with van der Waals surface area (Å²) in [6.45, 7) is 6.70. The number of carbonyl (C=O) groups excluding carboxylic acids is 5. The highest BCUT2D eigenvalue weighted by Crippen LogP contribution is 2.25. The molecular formula is C20H32O9. The van der Waals surface area contributed by atoms with Crippen LogP contribution in [0.5, 0.6) is 0 Å². The van der Waals surface area contributed by atoms with Gasteiger partial charge in [0.25, 0.3) is 0 Å². The number of carbonyl (C=O) groups is 5. The van der Waals surface area contributed by atoms with Gasteiger partial charge in [-0.2, -0.15) is 0 Å². The molecule has 0 aromatic rings. The van der Waals surface area contributed by atoms with Crippen LogP contribution < -0.4 is 0 Å². The maximum Gasteiger partial charge on any atom is 0.303 e. The number of esters is 4. The molecule has 9 nitrogen and oxygen atoms in total. The molecule has 0 heterocycles. The number of aldehydes is 1. The summed E-state index contributed by atoms with van der Waals surface area (Å²) in [4.78, 5) is 57.4. The third kappa shape index (κ3) is 11.9. The first-order valence-electron chi connectivity index (χ1n) is 9.74. The van der Waals surface area contributed by atoms with Gasteiger partial charge >= 0.3 is 23.9 Å². The Labute approximate surface area is 171 Å². The van der Waals surface area contributed by atoms with E-state index < -0.39 is 48.3 Å². The van der Waals surface area contributed by atoms with Gasteiger partial charge in [-0.25, -0.2) is 0 Å². The molecule has 0 bridgehead atoms. The second-order valence-corrected chi connectivity index (χ2v) is 6.68. The van der Waals surface area contributed by atoms with Crippen molar-refractivity contribution in [1.29, 1.82) is 0 Å². The summed E-state index contributed by atoms with van der Waals surface area (Å²) in [5, 5.41) is 0. The Balaban J connectivity index is 6.03. The molecule has 0 aromatic carbocycles. The van der Waals surface area contributed by atoms with Gasteiger partial charge in [0.2, 0.25) is 0 Å². The van der Waals surface area contributed by atoms with Crippen molar-refractivity contribution < 1.29 is 42.9 Å². The van der Waals surface area contributed by atoms with Crippen molar-refractivity contribution in [3.63, 3.8) is 0 Å². The topological polar surface area (TPSA) is 122 Å². The Morgan fingerprint density at radius 1 is 0.690 bits per heavy atom. The third-order valence-electron chi connectivity index (χ3n) is 3.95. The maximum atomic E-state index is 11.8. The molecule has 9 heteroatoms. The zero-order valence-electron chi connectivity index (χ0n) is 17.8. The van der Waals surface area contributed by atoms with Crippen molar-refractivity contribution in [3.05, 3.63) is 0 Å². The first kappa shape index (κ1) is 26.6. The van der Waals surface area contributed by atoms with Crippen molar-refractivity contribution in [2.75, 3.05) is 0 Å². The number of rotatable bonds is 14. The highest BCUT2D eigenvalue weighted by Gasteiger charge is 2.42. The van der Waals surface area contributed by atoms with Crippen LogP contribution in [0.15, 0.2) is 0 Å². The molecule has 166 valence electrons. The summed E-state index contributed by atoms with van der Waals surface area (Å²) < 4.78 is 21.4. The van der Waals surface area contributed by atoms with E-state index in [1.807, 2.05) is 6.92 Å². The molecule has 0 N–H and O–H groups in total. The second kappa shape index (κ2) is 14.5. The number of unbranched alkanes of at least 4 members (excludes halogenated alkanes) is 2. The minimum Gasteiger partial charge on any atom is -0.458 e. The first-order chi connectivity index (χ1) is 13.6. The molecule has 0 aliphatic carbocycles. The van der Waals surface area contributed by atoms with E-state index in [1.54, 1.807) is 0 Å². The quantitative estimate of drug-likeness (QED) is 0.182. The minimum absolute atomic E-state index is 0.189. The van der Waals surface area contributed by atoms with E-state index in [1.165, 1.54) is 27.7 Å². The SMILES string of the molecule is CCCC[C@H](OC(C)=O)[C@@H](OC(C)=O)[C@H](OC(C)=O)[C@@H](CCCC=O)OC(C)=O. The zero-order valence-corrected chi connectivity index (χ0v) is 17.8. The lowest BCUT2D eigenvalue weighted by atomic mass is 9.95. The van der Waals surface area contributed by atoms with E-state index in [-0.39, 0.29) is 12.8 Å².